The molecule has 2 aromatic rings. The first-order chi connectivity index (χ1) is 9.58. The molecule has 0 aliphatic heterocycles. The predicted octanol–water partition coefficient (Wildman–Crippen LogP) is 2.15. The van der Waals surface area contributed by atoms with E-state index in [1.54, 1.807) is 19.2 Å². The maximum Gasteiger partial charge on any atom is 0.257 e. The third kappa shape index (κ3) is 3.63. The van der Waals surface area contributed by atoms with Gasteiger partial charge in [-0.2, -0.15) is 0 Å². The molecule has 0 saturated heterocycles. The molecule has 0 bridgehead atoms. The number of nitrogens with one attached hydrogen (secondary N) is 1. The Morgan fingerprint density at radius 3 is 3.00 bits per heavy atom. The summed E-state index contributed by atoms with van der Waals surface area (Å²) in [6.07, 6.45) is 1.56. The number of carbonyl (C=O) groups excluding carboxylic acids is 1. The van der Waals surface area contributed by atoms with Crippen LogP contribution in [0.3, 0.4) is 0 Å². The number of aryl methyl sites for hydroxylation is 1. The van der Waals surface area contributed by atoms with Crippen molar-refractivity contribution < 1.29 is 9.18 Å². The first-order valence-corrected chi connectivity index (χ1v) is 6.63. The number of thiazole rings is 1. The molecule has 1 amide bonds. The number of hydrogen-bond acceptors (Lipinski definition) is 4. The van der Waals surface area contributed by atoms with E-state index in [1.165, 1.54) is 23.5 Å². The third-order valence-electron chi connectivity index (χ3n) is 2.34. The van der Waals surface area contributed by atoms with Crippen molar-refractivity contribution in [1.82, 2.24) is 4.98 Å². The van der Waals surface area contributed by atoms with Crippen molar-refractivity contribution in [2.45, 2.75) is 6.92 Å². The zero-order valence-corrected chi connectivity index (χ0v) is 11.6. The number of rotatable bonds is 2. The van der Waals surface area contributed by atoms with Crippen LogP contribution in [0.15, 0.2) is 24.4 Å². The van der Waals surface area contributed by atoms with Gasteiger partial charge >= 0.3 is 0 Å². The Morgan fingerprint density at radius 1 is 1.50 bits per heavy atom. The quantitative estimate of drug-likeness (QED) is 0.832. The van der Waals surface area contributed by atoms with Crippen LogP contribution in [-0.2, 0) is 0 Å². The maximum atomic E-state index is 13.2. The number of amides is 1. The molecule has 0 radical (unpaired) electrons. The van der Waals surface area contributed by atoms with Gasteiger partial charge in [0.15, 0.2) is 5.13 Å². The van der Waals surface area contributed by atoms with Crippen molar-refractivity contribution >= 4 is 22.4 Å². The van der Waals surface area contributed by atoms with Crippen LogP contribution in [0, 0.1) is 24.6 Å². The van der Waals surface area contributed by atoms with Crippen LogP contribution in [0.5, 0.6) is 0 Å². The van der Waals surface area contributed by atoms with Crippen molar-refractivity contribution in [1.29, 1.82) is 0 Å². The second-order valence-electron chi connectivity index (χ2n) is 4.01. The van der Waals surface area contributed by atoms with Gasteiger partial charge in [0.2, 0.25) is 0 Å². The number of anilines is 1. The van der Waals surface area contributed by atoms with Crippen LogP contribution in [0.1, 0.15) is 20.8 Å². The van der Waals surface area contributed by atoms with E-state index in [-0.39, 0.29) is 12.1 Å². The lowest BCUT2D eigenvalue weighted by Gasteiger charge is -2.03. The van der Waals surface area contributed by atoms with E-state index >= 15 is 0 Å². The van der Waals surface area contributed by atoms with E-state index in [1.807, 2.05) is 0 Å². The molecule has 0 spiro atoms. The fourth-order valence-corrected chi connectivity index (χ4v) is 2.25. The standard InChI is InChI=1S/C14H12FN3OS/c1-9-5-10(7-11(15)6-9)13(19)18-14-17-8-12(20-14)3-2-4-16/h5-8H,4,16H2,1H3,(H,17,18,19). The number of carbonyl (C=O) groups is 1. The molecule has 0 unspecified atom stereocenters. The molecule has 0 atom stereocenters. The van der Waals surface area contributed by atoms with Crippen molar-refractivity contribution in [3.05, 3.63) is 46.2 Å². The number of nitrogens with two attached hydrogens (primary N) is 1. The zero-order valence-electron chi connectivity index (χ0n) is 10.7. The normalized spacial score (nSPS) is 9.75. The van der Waals surface area contributed by atoms with Crippen LogP contribution in [0.25, 0.3) is 0 Å². The Kier molecular flexibility index (Phi) is 4.45. The minimum Gasteiger partial charge on any atom is -0.320 e. The van der Waals surface area contributed by atoms with Crippen molar-refractivity contribution in [2.24, 2.45) is 5.73 Å². The Hall–Kier alpha value is -2.23. The summed E-state index contributed by atoms with van der Waals surface area (Å²) in [5, 5.41) is 3.03. The lowest BCUT2D eigenvalue weighted by Crippen LogP contribution is -2.12. The molecule has 2 rings (SSSR count). The van der Waals surface area contributed by atoms with Gasteiger partial charge in [0.25, 0.3) is 5.91 Å². The summed E-state index contributed by atoms with van der Waals surface area (Å²) in [7, 11) is 0. The highest BCUT2D eigenvalue weighted by Gasteiger charge is 2.10. The Bertz CT molecular complexity index is 680. The lowest BCUT2D eigenvalue weighted by atomic mass is 10.1. The van der Waals surface area contributed by atoms with E-state index in [0.29, 0.717) is 15.6 Å². The van der Waals surface area contributed by atoms with Crippen LogP contribution >= 0.6 is 11.3 Å². The van der Waals surface area contributed by atoms with Crippen LogP contribution in [0.4, 0.5) is 9.52 Å². The molecule has 102 valence electrons. The highest BCUT2D eigenvalue weighted by molar-refractivity contribution is 7.16. The zero-order chi connectivity index (χ0) is 14.5. The molecular weight excluding hydrogens is 277 g/mol. The largest absolute Gasteiger partial charge is 0.320 e. The molecule has 1 heterocycles. The van der Waals surface area contributed by atoms with Gasteiger partial charge in [-0.3, -0.25) is 10.1 Å². The summed E-state index contributed by atoms with van der Waals surface area (Å²) >= 11 is 1.24. The third-order valence-corrected chi connectivity index (χ3v) is 3.17. The Morgan fingerprint density at radius 2 is 2.30 bits per heavy atom. The average molecular weight is 289 g/mol. The summed E-state index contributed by atoms with van der Waals surface area (Å²) in [6, 6.07) is 4.16. The molecule has 0 aliphatic rings. The topological polar surface area (TPSA) is 68.0 Å². The molecule has 3 N–H and O–H groups in total. The Labute approximate surface area is 119 Å². The van der Waals surface area contributed by atoms with Crippen molar-refractivity contribution in [2.75, 3.05) is 11.9 Å². The highest BCUT2D eigenvalue weighted by atomic mass is 32.1. The molecular formula is C14H12FN3OS. The molecule has 0 fully saturated rings. The van der Waals surface area contributed by atoms with Gasteiger partial charge < -0.3 is 5.73 Å². The highest BCUT2D eigenvalue weighted by Crippen LogP contribution is 2.18. The predicted molar refractivity (Wildman–Crippen MR) is 77.1 cm³/mol. The van der Waals surface area contributed by atoms with Gasteiger partial charge in [-0.1, -0.05) is 23.2 Å². The SMILES string of the molecule is Cc1cc(F)cc(C(=O)Nc2ncc(C#CCN)s2)c1. The second-order valence-corrected chi connectivity index (χ2v) is 5.04. The first-order valence-electron chi connectivity index (χ1n) is 5.82. The van der Waals surface area contributed by atoms with Crippen molar-refractivity contribution in [3.63, 3.8) is 0 Å². The number of halogens is 1. The van der Waals surface area contributed by atoms with Gasteiger partial charge in [-0.25, -0.2) is 9.37 Å². The van der Waals surface area contributed by atoms with Crippen molar-refractivity contribution in [3.8, 4) is 11.8 Å². The molecule has 6 heteroatoms. The van der Waals surface area contributed by atoms with E-state index < -0.39 is 11.7 Å². The van der Waals surface area contributed by atoms with E-state index in [4.69, 9.17) is 5.73 Å². The van der Waals surface area contributed by atoms with Gasteiger partial charge in [0.1, 0.15) is 5.82 Å². The number of nitrogens with zero attached hydrogens (tertiary/aromatic N) is 1. The fraction of sp³-hybridized carbons (Fsp3) is 0.143. The maximum absolute atomic E-state index is 13.2. The van der Waals surface area contributed by atoms with Gasteiger partial charge in [0.05, 0.1) is 17.6 Å². The monoisotopic (exact) mass is 289 g/mol. The molecule has 0 saturated carbocycles. The average Bonchev–Trinajstić information content (AvgIpc) is 2.82. The molecule has 4 nitrogen and oxygen atoms in total. The molecule has 1 aromatic heterocycles. The number of hydrogen-bond donors (Lipinski definition) is 2. The van der Waals surface area contributed by atoms with Gasteiger partial charge in [-0.15, -0.1) is 0 Å². The smallest absolute Gasteiger partial charge is 0.257 e. The molecule has 1 aromatic carbocycles. The molecule has 20 heavy (non-hydrogen) atoms. The number of aromatic nitrogens is 1. The van der Waals surface area contributed by atoms with Gasteiger partial charge in [-0.05, 0) is 30.7 Å². The van der Waals surface area contributed by atoms with Crippen LogP contribution < -0.4 is 11.1 Å². The minimum atomic E-state index is -0.441. The van der Waals surface area contributed by atoms with Crippen LogP contribution in [-0.4, -0.2) is 17.4 Å². The summed E-state index contributed by atoms with van der Waals surface area (Å²) < 4.78 is 13.2. The summed E-state index contributed by atoms with van der Waals surface area (Å²) in [5.74, 6) is 4.69. The summed E-state index contributed by atoms with van der Waals surface area (Å²) in [5.41, 5.74) is 6.21. The van der Waals surface area contributed by atoms with E-state index in [0.717, 1.165) is 0 Å². The second kappa shape index (κ2) is 6.28. The molecule has 0 aliphatic carbocycles. The van der Waals surface area contributed by atoms with E-state index in [9.17, 15) is 9.18 Å². The fourth-order valence-electron chi connectivity index (χ4n) is 1.56. The summed E-state index contributed by atoms with van der Waals surface area (Å²) in [6.45, 7) is 1.99. The first kappa shape index (κ1) is 14.2. The van der Waals surface area contributed by atoms with E-state index in [2.05, 4.69) is 22.1 Å². The number of benzene rings is 1. The lowest BCUT2D eigenvalue weighted by molar-refractivity contribution is 0.102. The van der Waals surface area contributed by atoms with Crippen LogP contribution in [0.2, 0.25) is 0 Å². The summed E-state index contributed by atoms with van der Waals surface area (Å²) in [4.78, 5) is 16.7. The van der Waals surface area contributed by atoms with Gasteiger partial charge in [0, 0.05) is 5.56 Å². The Balaban J connectivity index is 2.13. The minimum absolute atomic E-state index is 0.257.